The Bertz CT molecular complexity index is 752. The third-order valence-electron chi connectivity index (χ3n) is 4.82. The van der Waals surface area contributed by atoms with E-state index < -0.39 is 72.6 Å². The number of nitrogens with two attached hydrogens (primary N) is 2. The van der Waals surface area contributed by atoms with Gasteiger partial charge in [0.1, 0.15) is 18.1 Å². The molecule has 0 aromatic rings. The quantitative estimate of drug-likeness (QED) is 0.0865. The molecule has 0 aromatic carbocycles. The number of hydrogen-bond acceptors (Lipinski definition) is 9. The molecule has 0 fully saturated rings. The van der Waals surface area contributed by atoms with Gasteiger partial charge in [-0.25, -0.2) is 4.79 Å². The summed E-state index contributed by atoms with van der Waals surface area (Å²) in [7, 11) is 0. The van der Waals surface area contributed by atoms with Crippen molar-refractivity contribution in [1.82, 2.24) is 16.0 Å². The zero-order valence-corrected chi connectivity index (χ0v) is 20.3. The van der Waals surface area contributed by atoms with E-state index in [-0.39, 0.29) is 19.3 Å². The number of carboxylic acids is 3. The maximum absolute atomic E-state index is 12.9. The average Bonchev–Trinajstić information content (AvgIpc) is 2.77. The van der Waals surface area contributed by atoms with Crippen LogP contribution in [-0.2, 0) is 28.8 Å². The molecule has 0 spiro atoms. The van der Waals surface area contributed by atoms with Crippen LogP contribution in [0.1, 0.15) is 44.9 Å². The first kappa shape index (κ1) is 32.1. The van der Waals surface area contributed by atoms with Gasteiger partial charge in [-0.15, -0.1) is 0 Å². The molecule has 0 bridgehead atoms. The molecule has 0 saturated carbocycles. The van der Waals surface area contributed by atoms with E-state index in [2.05, 4.69) is 16.0 Å². The summed E-state index contributed by atoms with van der Waals surface area (Å²) in [5.41, 5.74) is 11.0. The minimum Gasteiger partial charge on any atom is -0.481 e. The van der Waals surface area contributed by atoms with Crippen LogP contribution in [-0.4, -0.2) is 93.7 Å². The molecule has 0 aliphatic heterocycles. The molecule has 0 aromatic heterocycles. The number of amides is 3. The highest BCUT2D eigenvalue weighted by Crippen LogP contribution is 2.07. The molecular formula is C20H35N5O9S. The van der Waals surface area contributed by atoms with Crippen LogP contribution in [0.2, 0.25) is 0 Å². The summed E-state index contributed by atoms with van der Waals surface area (Å²) >= 11 is 1.39. The minimum absolute atomic E-state index is 0.113. The summed E-state index contributed by atoms with van der Waals surface area (Å²) in [4.78, 5) is 70.9. The van der Waals surface area contributed by atoms with Crippen LogP contribution < -0.4 is 27.4 Å². The number of rotatable bonds is 19. The number of carboxylic acid groups (broad SMARTS) is 3. The summed E-state index contributed by atoms with van der Waals surface area (Å²) in [5, 5.41) is 34.0. The summed E-state index contributed by atoms with van der Waals surface area (Å²) in [6.45, 7) is 0.326. The molecule has 3 amide bonds. The van der Waals surface area contributed by atoms with Crippen molar-refractivity contribution in [1.29, 1.82) is 0 Å². The summed E-state index contributed by atoms with van der Waals surface area (Å²) in [6.07, 6.45) is 1.52. The van der Waals surface area contributed by atoms with Gasteiger partial charge in [-0.3, -0.25) is 24.0 Å². The third kappa shape index (κ3) is 14.2. The normalized spacial score (nSPS) is 14.1. The van der Waals surface area contributed by atoms with E-state index in [4.69, 9.17) is 21.7 Å². The zero-order valence-electron chi connectivity index (χ0n) is 19.5. The van der Waals surface area contributed by atoms with Crippen LogP contribution in [0.15, 0.2) is 0 Å². The monoisotopic (exact) mass is 521 g/mol. The molecule has 15 heteroatoms. The van der Waals surface area contributed by atoms with E-state index in [0.29, 0.717) is 25.1 Å². The van der Waals surface area contributed by atoms with E-state index in [0.717, 1.165) is 0 Å². The largest absolute Gasteiger partial charge is 0.481 e. The van der Waals surface area contributed by atoms with Gasteiger partial charge in [0.25, 0.3) is 0 Å². The van der Waals surface area contributed by atoms with Crippen molar-refractivity contribution in [3.63, 3.8) is 0 Å². The van der Waals surface area contributed by atoms with Gasteiger partial charge in [-0.1, -0.05) is 0 Å². The molecule has 4 atom stereocenters. The Morgan fingerprint density at radius 2 is 1.31 bits per heavy atom. The summed E-state index contributed by atoms with van der Waals surface area (Å²) in [5.74, 6) is -5.91. The molecule has 14 nitrogen and oxygen atoms in total. The van der Waals surface area contributed by atoms with Crippen molar-refractivity contribution >= 4 is 47.4 Å². The number of carbonyl (C=O) groups excluding carboxylic acids is 3. The smallest absolute Gasteiger partial charge is 0.326 e. The van der Waals surface area contributed by atoms with Gasteiger partial charge in [0.15, 0.2) is 0 Å². The second kappa shape index (κ2) is 17.5. The molecular weight excluding hydrogens is 486 g/mol. The Morgan fingerprint density at radius 1 is 0.771 bits per heavy atom. The van der Waals surface area contributed by atoms with Crippen molar-refractivity contribution in [2.75, 3.05) is 18.6 Å². The fourth-order valence-electron chi connectivity index (χ4n) is 2.90. The Hall–Kier alpha value is -2.91. The van der Waals surface area contributed by atoms with E-state index >= 15 is 0 Å². The standard InChI is InChI=1S/C20H35N5O9S/c1-35-9-7-13(23-17(30)11(22)10-16(28)29)19(32)24-12(4-2-3-8-21)18(31)25-14(20(33)34)5-6-15(26)27/h11-14H,2-10,21-22H2,1H3,(H,23,30)(H,24,32)(H,25,31)(H,26,27)(H,28,29)(H,33,34). The van der Waals surface area contributed by atoms with Crippen LogP contribution >= 0.6 is 11.8 Å². The topological polar surface area (TPSA) is 251 Å². The number of hydrogen-bond donors (Lipinski definition) is 8. The van der Waals surface area contributed by atoms with Gasteiger partial charge in [-0.2, -0.15) is 11.8 Å². The van der Waals surface area contributed by atoms with E-state index in [1.165, 1.54) is 11.8 Å². The number of thioether (sulfide) groups is 1. The molecule has 0 radical (unpaired) electrons. The van der Waals surface area contributed by atoms with Gasteiger partial charge in [-0.05, 0) is 50.7 Å². The first-order valence-electron chi connectivity index (χ1n) is 10.9. The average molecular weight is 522 g/mol. The number of carbonyl (C=O) groups is 6. The van der Waals surface area contributed by atoms with Crippen molar-refractivity contribution < 1.29 is 44.1 Å². The first-order valence-corrected chi connectivity index (χ1v) is 12.3. The van der Waals surface area contributed by atoms with Gasteiger partial charge in [0, 0.05) is 6.42 Å². The molecule has 0 rings (SSSR count). The van der Waals surface area contributed by atoms with E-state index in [1.54, 1.807) is 6.26 Å². The van der Waals surface area contributed by atoms with Crippen molar-refractivity contribution in [2.45, 2.75) is 69.1 Å². The summed E-state index contributed by atoms with van der Waals surface area (Å²) < 4.78 is 0. The SMILES string of the molecule is CSCCC(NC(=O)C(N)CC(=O)O)C(=O)NC(CCCCN)C(=O)NC(CCC(=O)O)C(=O)O. The van der Waals surface area contributed by atoms with Gasteiger partial charge < -0.3 is 42.7 Å². The van der Waals surface area contributed by atoms with Crippen LogP contribution in [0.5, 0.6) is 0 Å². The molecule has 0 aliphatic carbocycles. The van der Waals surface area contributed by atoms with Gasteiger partial charge in [0.2, 0.25) is 17.7 Å². The maximum Gasteiger partial charge on any atom is 0.326 e. The predicted octanol–water partition coefficient (Wildman–Crippen LogP) is -1.93. The third-order valence-corrected chi connectivity index (χ3v) is 5.46. The first-order chi connectivity index (χ1) is 16.4. The fourth-order valence-corrected chi connectivity index (χ4v) is 3.37. The van der Waals surface area contributed by atoms with Crippen molar-refractivity contribution in [3.8, 4) is 0 Å². The molecule has 35 heavy (non-hydrogen) atoms. The molecule has 0 saturated heterocycles. The molecule has 0 aliphatic rings. The molecule has 0 heterocycles. The number of unbranched alkanes of at least 4 members (excludes halogenated alkanes) is 1. The lowest BCUT2D eigenvalue weighted by Gasteiger charge is -2.25. The lowest BCUT2D eigenvalue weighted by molar-refractivity contribution is -0.143. The lowest BCUT2D eigenvalue weighted by Crippen LogP contribution is -2.57. The number of nitrogens with one attached hydrogen (secondary N) is 3. The molecule has 200 valence electrons. The molecule has 10 N–H and O–H groups in total. The minimum atomic E-state index is -1.48. The second-order valence-corrected chi connectivity index (χ2v) is 8.71. The highest BCUT2D eigenvalue weighted by atomic mass is 32.2. The van der Waals surface area contributed by atoms with Crippen molar-refractivity contribution in [2.24, 2.45) is 11.5 Å². The maximum atomic E-state index is 12.9. The number of aliphatic carboxylic acids is 3. The Balaban J connectivity index is 5.49. The van der Waals surface area contributed by atoms with E-state index in [1.807, 2.05) is 0 Å². The van der Waals surface area contributed by atoms with Gasteiger partial charge in [0.05, 0.1) is 12.5 Å². The van der Waals surface area contributed by atoms with Crippen LogP contribution in [0.3, 0.4) is 0 Å². The Labute approximate surface area is 206 Å². The van der Waals surface area contributed by atoms with Crippen LogP contribution in [0.25, 0.3) is 0 Å². The summed E-state index contributed by atoms with van der Waals surface area (Å²) in [6, 6.07) is -5.16. The zero-order chi connectivity index (χ0) is 27.0. The molecule has 4 unspecified atom stereocenters. The fraction of sp³-hybridized carbons (Fsp3) is 0.700. The van der Waals surface area contributed by atoms with Gasteiger partial charge >= 0.3 is 17.9 Å². The lowest BCUT2D eigenvalue weighted by atomic mass is 10.1. The Morgan fingerprint density at radius 3 is 1.80 bits per heavy atom. The van der Waals surface area contributed by atoms with Crippen molar-refractivity contribution in [3.05, 3.63) is 0 Å². The van der Waals surface area contributed by atoms with Crippen LogP contribution in [0, 0.1) is 0 Å². The highest BCUT2D eigenvalue weighted by Gasteiger charge is 2.30. The Kier molecular flexibility index (Phi) is 16.1. The van der Waals surface area contributed by atoms with Crippen LogP contribution in [0.4, 0.5) is 0 Å². The predicted molar refractivity (Wildman–Crippen MR) is 126 cm³/mol. The second-order valence-electron chi connectivity index (χ2n) is 7.72. The van der Waals surface area contributed by atoms with E-state index in [9.17, 15) is 33.9 Å². The highest BCUT2D eigenvalue weighted by molar-refractivity contribution is 7.98.